The molecule has 2 aromatic rings. The lowest BCUT2D eigenvalue weighted by atomic mass is 10.1. The first kappa shape index (κ1) is 15.9. The number of benzene rings is 1. The third kappa shape index (κ3) is 4.82. The number of nitrogens with zero attached hydrogens (tertiary/aromatic N) is 2. The molecular weight excluding hydrogens is 276 g/mol. The van der Waals surface area contributed by atoms with E-state index in [1.165, 1.54) is 0 Å². The molecule has 1 aromatic carbocycles. The highest BCUT2D eigenvalue weighted by atomic mass is 16.3. The minimum absolute atomic E-state index is 0.0652. The molecule has 1 aromatic heterocycles. The lowest BCUT2D eigenvalue weighted by Gasteiger charge is -2.20. The Kier molecular flexibility index (Phi) is 5.86. The van der Waals surface area contributed by atoms with Crippen LogP contribution < -0.4 is 0 Å². The predicted molar refractivity (Wildman–Crippen MR) is 87.0 cm³/mol. The summed E-state index contributed by atoms with van der Waals surface area (Å²) in [4.78, 5) is 17.9. The van der Waals surface area contributed by atoms with Crippen molar-refractivity contribution in [3.05, 3.63) is 71.6 Å². The number of carbonyl (C=O) groups excluding carboxylic acids is 1. The Bertz CT molecular complexity index is 639. The van der Waals surface area contributed by atoms with Gasteiger partial charge in [0.2, 0.25) is 5.91 Å². The summed E-state index contributed by atoms with van der Waals surface area (Å²) in [5, 5.41) is 9.15. The van der Waals surface area contributed by atoms with Crippen molar-refractivity contribution in [3.63, 3.8) is 0 Å². The fourth-order valence-corrected chi connectivity index (χ4v) is 2.15. The second kappa shape index (κ2) is 8.10. The molecule has 0 aliphatic carbocycles. The zero-order valence-electron chi connectivity index (χ0n) is 12.6. The van der Waals surface area contributed by atoms with Crippen LogP contribution in [0.4, 0.5) is 0 Å². The van der Waals surface area contributed by atoms with Gasteiger partial charge >= 0.3 is 0 Å². The number of aryl methyl sites for hydroxylation is 1. The normalized spacial score (nSPS) is 10.8. The van der Waals surface area contributed by atoms with Crippen LogP contribution in [0, 0.1) is 6.92 Å². The van der Waals surface area contributed by atoms with Crippen molar-refractivity contribution in [3.8, 4) is 0 Å². The van der Waals surface area contributed by atoms with Crippen LogP contribution in [0.25, 0.3) is 6.08 Å². The first-order valence-electron chi connectivity index (χ1n) is 7.22. The SMILES string of the molecule is Cc1cccc(/C=C/C(=O)N(CCO)Cc2cccnc2)c1. The van der Waals surface area contributed by atoms with E-state index in [0.717, 1.165) is 16.7 Å². The Morgan fingerprint density at radius 2 is 2.18 bits per heavy atom. The van der Waals surface area contributed by atoms with Gasteiger partial charge in [0.25, 0.3) is 0 Å². The summed E-state index contributed by atoms with van der Waals surface area (Å²) in [6, 6.07) is 11.7. The van der Waals surface area contributed by atoms with E-state index in [0.29, 0.717) is 13.1 Å². The highest BCUT2D eigenvalue weighted by molar-refractivity contribution is 5.91. The van der Waals surface area contributed by atoms with Gasteiger partial charge in [-0.1, -0.05) is 35.9 Å². The van der Waals surface area contributed by atoms with E-state index in [1.807, 2.05) is 43.3 Å². The third-order valence-electron chi connectivity index (χ3n) is 3.24. The first-order valence-corrected chi connectivity index (χ1v) is 7.22. The number of amides is 1. The summed E-state index contributed by atoms with van der Waals surface area (Å²) in [5.41, 5.74) is 3.07. The smallest absolute Gasteiger partial charge is 0.246 e. The maximum atomic E-state index is 12.3. The standard InChI is InChI=1S/C18H20N2O2/c1-15-4-2-5-16(12-15)7-8-18(22)20(10-11-21)14-17-6-3-9-19-13-17/h2-9,12-13,21H,10-11,14H2,1H3/b8-7+. The molecule has 1 amide bonds. The number of rotatable bonds is 6. The fraction of sp³-hybridized carbons (Fsp3) is 0.222. The molecule has 0 saturated carbocycles. The Morgan fingerprint density at radius 1 is 1.32 bits per heavy atom. The summed E-state index contributed by atoms with van der Waals surface area (Å²) >= 11 is 0. The van der Waals surface area contributed by atoms with Crippen molar-refractivity contribution < 1.29 is 9.90 Å². The van der Waals surface area contributed by atoms with E-state index < -0.39 is 0 Å². The molecule has 4 heteroatoms. The van der Waals surface area contributed by atoms with Crippen molar-refractivity contribution in [2.75, 3.05) is 13.2 Å². The zero-order chi connectivity index (χ0) is 15.8. The summed E-state index contributed by atoms with van der Waals surface area (Å²) in [6.45, 7) is 2.68. The van der Waals surface area contributed by atoms with Gasteiger partial charge in [0.15, 0.2) is 0 Å². The molecule has 0 aliphatic rings. The van der Waals surface area contributed by atoms with E-state index in [-0.39, 0.29) is 12.5 Å². The number of carbonyl (C=O) groups is 1. The number of hydrogen-bond donors (Lipinski definition) is 1. The lowest BCUT2D eigenvalue weighted by Crippen LogP contribution is -2.31. The molecule has 114 valence electrons. The van der Waals surface area contributed by atoms with Crippen LogP contribution >= 0.6 is 0 Å². The molecule has 0 radical (unpaired) electrons. The van der Waals surface area contributed by atoms with Gasteiger partial charge in [0.05, 0.1) is 6.61 Å². The molecule has 0 spiro atoms. The van der Waals surface area contributed by atoms with Gasteiger partial charge in [-0.3, -0.25) is 9.78 Å². The largest absolute Gasteiger partial charge is 0.395 e. The first-order chi connectivity index (χ1) is 10.7. The molecule has 1 heterocycles. The number of aliphatic hydroxyl groups is 1. The Labute approximate surface area is 130 Å². The van der Waals surface area contributed by atoms with Crippen molar-refractivity contribution >= 4 is 12.0 Å². The van der Waals surface area contributed by atoms with Gasteiger partial charge in [0, 0.05) is 31.6 Å². The van der Waals surface area contributed by atoms with Crippen molar-refractivity contribution in [2.45, 2.75) is 13.5 Å². The van der Waals surface area contributed by atoms with E-state index in [4.69, 9.17) is 5.11 Å². The van der Waals surface area contributed by atoms with Crippen LogP contribution in [-0.2, 0) is 11.3 Å². The van der Waals surface area contributed by atoms with Gasteiger partial charge in [-0.15, -0.1) is 0 Å². The maximum absolute atomic E-state index is 12.3. The molecule has 1 N–H and O–H groups in total. The molecule has 0 saturated heterocycles. The third-order valence-corrected chi connectivity index (χ3v) is 3.24. The van der Waals surface area contributed by atoms with Crippen molar-refractivity contribution in [2.24, 2.45) is 0 Å². The Hall–Kier alpha value is -2.46. The van der Waals surface area contributed by atoms with Gasteiger partial charge in [-0.05, 0) is 30.2 Å². The molecule has 0 bridgehead atoms. The summed E-state index contributed by atoms with van der Waals surface area (Å²) in [5.74, 6) is -0.126. The van der Waals surface area contributed by atoms with Crippen LogP contribution in [0.3, 0.4) is 0 Å². The number of hydrogen-bond acceptors (Lipinski definition) is 3. The van der Waals surface area contributed by atoms with Crippen LogP contribution in [-0.4, -0.2) is 34.0 Å². The Balaban J connectivity index is 2.06. The average molecular weight is 296 g/mol. The van der Waals surface area contributed by atoms with Crippen LogP contribution in [0.5, 0.6) is 0 Å². The molecule has 4 nitrogen and oxygen atoms in total. The molecule has 0 atom stereocenters. The van der Waals surface area contributed by atoms with Crippen molar-refractivity contribution in [1.82, 2.24) is 9.88 Å². The topological polar surface area (TPSA) is 53.4 Å². The highest BCUT2D eigenvalue weighted by Crippen LogP contribution is 2.08. The highest BCUT2D eigenvalue weighted by Gasteiger charge is 2.10. The van der Waals surface area contributed by atoms with Crippen LogP contribution in [0.2, 0.25) is 0 Å². The van der Waals surface area contributed by atoms with Gasteiger partial charge < -0.3 is 10.0 Å². The van der Waals surface area contributed by atoms with Gasteiger partial charge in [-0.2, -0.15) is 0 Å². The monoisotopic (exact) mass is 296 g/mol. The quantitative estimate of drug-likeness (QED) is 0.833. The number of aliphatic hydroxyl groups excluding tert-OH is 1. The Morgan fingerprint density at radius 3 is 2.86 bits per heavy atom. The summed E-state index contributed by atoms with van der Waals surface area (Å²) < 4.78 is 0. The lowest BCUT2D eigenvalue weighted by molar-refractivity contribution is -0.127. The summed E-state index contributed by atoms with van der Waals surface area (Å²) in [7, 11) is 0. The van der Waals surface area contributed by atoms with Crippen LogP contribution in [0.15, 0.2) is 54.9 Å². The second-order valence-electron chi connectivity index (χ2n) is 5.09. The molecule has 2 rings (SSSR count). The molecule has 0 fully saturated rings. The van der Waals surface area contributed by atoms with E-state index in [9.17, 15) is 4.79 Å². The van der Waals surface area contributed by atoms with Gasteiger partial charge in [-0.25, -0.2) is 0 Å². The average Bonchev–Trinajstić information content (AvgIpc) is 2.53. The summed E-state index contributed by atoms with van der Waals surface area (Å²) in [6.07, 6.45) is 6.75. The minimum Gasteiger partial charge on any atom is -0.395 e. The van der Waals surface area contributed by atoms with E-state index in [1.54, 1.807) is 29.4 Å². The van der Waals surface area contributed by atoms with E-state index >= 15 is 0 Å². The number of aromatic nitrogens is 1. The number of pyridine rings is 1. The molecule has 0 unspecified atom stereocenters. The minimum atomic E-state index is -0.126. The van der Waals surface area contributed by atoms with Crippen molar-refractivity contribution in [1.29, 1.82) is 0 Å². The maximum Gasteiger partial charge on any atom is 0.246 e. The van der Waals surface area contributed by atoms with E-state index in [2.05, 4.69) is 4.98 Å². The predicted octanol–water partition coefficient (Wildman–Crippen LogP) is 2.42. The van der Waals surface area contributed by atoms with Gasteiger partial charge in [0.1, 0.15) is 0 Å². The van der Waals surface area contributed by atoms with Crippen LogP contribution in [0.1, 0.15) is 16.7 Å². The molecule has 22 heavy (non-hydrogen) atoms. The zero-order valence-corrected chi connectivity index (χ0v) is 12.6. The molecular formula is C18H20N2O2. The fourth-order valence-electron chi connectivity index (χ4n) is 2.15. The second-order valence-corrected chi connectivity index (χ2v) is 5.09. The molecule has 0 aliphatic heterocycles.